The van der Waals surface area contributed by atoms with Gasteiger partial charge in [0.1, 0.15) is 6.04 Å². The van der Waals surface area contributed by atoms with E-state index < -0.39 is 41.5 Å². The molecule has 0 aliphatic carbocycles. The largest absolute Gasteiger partial charge is 0.480 e. The van der Waals surface area contributed by atoms with E-state index in [1.165, 1.54) is 0 Å². The molecule has 3 N–H and O–H groups in total. The van der Waals surface area contributed by atoms with Gasteiger partial charge in [-0.15, -0.1) is 0 Å². The number of aliphatic carboxylic acids is 1. The molecule has 122 valence electrons. The quantitative estimate of drug-likeness (QED) is 0.575. The topological polar surface area (TPSA) is 121 Å². The molecule has 0 saturated heterocycles. The molecule has 0 fully saturated rings. The standard InChI is InChI=1S/C13H18FN3O5/c1-2-3-4-5-10(18)15-9(12(20)21)7-17-6-8(14)11(19)16-13(17)22/h6,9H,2-5,7H2,1H3,(H,15,18)(H,20,21)(H,16,19,22)/t9-/m0/s1. The number of hydrogen-bond donors (Lipinski definition) is 3. The van der Waals surface area contributed by atoms with Gasteiger partial charge in [0.05, 0.1) is 12.7 Å². The Morgan fingerprint density at radius 3 is 2.68 bits per heavy atom. The number of aromatic amines is 1. The minimum atomic E-state index is -1.39. The molecule has 0 aliphatic rings. The van der Waals surface area contributed by atoms with Gasteiger partial charge in [-0.2, -0.15) is 4.39 Å². The number of nitrogens with one attached hydrogen (secondary N) is 2. The zero-order chi connectivity index (χ0) is 16.7. The van der Waals surface area contributed by atoms with Crippen molar-refractivity contribution in [2.75, 3.05) is 0 Å². The summed E-state index contributed by atoms with van der Waals surface area (Å²) in [6.07, 6.45) is 3.17. The predicted molar refractivity (Wildman–Crippen MR) is 75.0 cm³/mol. The summed E-state index contributed by atoms with van der Waals surface area (Å²) in [6.45, 7) is 1.48. The predicted octanol–water partition coefficient (Wildman–Crippen LogP) is -0.175. The first kappa shape index (κ1) is 17.6. The zero-order valence-corrected chi connectivity index (χ0v) is 12.1. The van der Waals surface area contributed by atoms with Crippen LogP contribution in [0.4, 0.5) is 4.39 Å². The number of nitrogens with zero attached hydrogens (tertiary/aromatic N) is 1. The third-order valence-corrected chi connectivity index (χ3v) is 2.99. The van der Waals surface area contributed by atoms with Crippen molar-refractivity contribution >= 4 is 11.9 Å². The van der Waals surface area contributed by atoms with Gasteiger partial charge in [0.15, 0.2) is 0 Å². The molecule has 1 amide bonds. The molecule has 0 radical (unpaired) electrons. The number of hydrogen-bond acceptors (Lipinski definition) is 4. The summed E-state index contributed by atoms with van der Waals surface area (Å²) >= 11 is 0. The van der Waals surface area contributed by atoms with E-state index in [4.69, 9.17) is 5.11 Å². The molecule has 22 heavy (non-hydrogen) atoms. The molecule has 1 heterocycles. The van der Waals surface area contributed by atoms with Gasteiger partial charge in [-0.1, -0.05) is 19.8 Å². The molecule has 0 aliphatic heterocycles. The second-order valence-electron chi connectivity index (χ2n) is 4.80. The second-order valence-corrected chi connectivity index (χ2v) is 4.80. The molecule has 1 atom stereocenters. The van der Waals surface area contributed by atoms with Crippen LogP contribution >= 0.6 is 0 Å². The number of rotatable bonds is 8. The highest BCUT2D eigenvalue weighted by Gasteiger charge is 2.21. The molecular formula is C13H18FN3O5. The van der Waals surface area contributed by atoms with E-state index in [1.54, 1.807) is 4.98 Å². The number of carboxylic acids is 1. The molecule has 0 bridgehead atoms. The maximum Gasteiger partial charge on any atom is 0.328 e. The van der Waals surface area contributed by atoms with Gasteiger partial charge >= 0.3 is 11.7 Å². The number of unbranched alkanes of at least 4 members (excludes halogenated alkanes) is 2. The summed E-state index contributed by atoms with van der Waals surface area (Å²) in [4.78, 5) is 46.9. The van der Waals surface area contributed by atoms with Crippen molar-refractivity contribution < 1.29 is 19.1 Å². The van der Waals surface area contributed by atoms with E-state index in [0.717, 1.165) is 12.8 Å². The van der Waals surface area contributed by atoms with Crippen LogP contribution < -0.4 is 16.6 Å². The Labute approximate surface area is 125 Å². The molecule has 0 aromatic carbocycles. The van der Waals surface area contributed by atoms with E-state index in [2.05, 4.69) is 5.32 Å². The molecule has 0 unspecified atom stereocenters. The Kier molecular flexibility index (Phi) is 6.48. The van der Waals surface area contributed by atoms with Crippen LogP contribution in [0.2, 0.25) is 0 Å². The number of H-pyrrole nitrogens is 1. The summed E-state index contributed by atoms with van der Waals surface area (Å²) < 4.78 is 13.8. The third kappa shape index (κ3) is 5.15. The lowest BCUT2D eigenvalue weighted by molar-refractivity contribution is -0.142. The normalized spacial score (nSPS) is 11.9. The Balaban J connectivity index is 2.79. The van der Waals surface area contributed by atoms with E-state index in [-0.39, 0.29) is 6.42 Å². The van der Waals surface area contributed by atoms with Crippen LogP contribution in [0.15, 0.2) is 15.8 Å². The molecule has 8 nitrogen and oxygen atoms in total. The highest BCUT2D eigenvalue weighted by Crippen LogP contribution is 2.00. The Morgan fingerprint density at radius 2 is 2.09 bits per heavy atom. The average molecular weight is 315 g/mol. The first-order chi connectivity index (χ1) is 10.3. The zero-order valence-electron chi connectivity index (χ0n) is 12.1. The lowest BCUT2D eigenvalue weighted by atomic mass is 10.2. The highest BCUT2D eigenvalue weighted by atomic mass is 19.1. The van der Waals surface area contributed by atoms with Crippen molar-refractivity contribution in [2.24, 2.45) is 0 Å². The lowest BCUT2D eigenvalue weighted by Gasteiger charge is -2.15. The number of carboxylic acid groups (broad SMARTS) is 1. The van der Waals surface area contributed by atoms with Crippen LogP contribution in [0.3, 0.4) is 0 Å². The SMILES string of the molecule is CCCCCC(=O)N[C@@H](Cn1cc(F)c(=O)[nH]c1=O)C(=O)O. The van der Waals surface area contributed by atoms with Crippen LogP contribution in [0.5, 0.6) is 0 Å². The monoisotopic (exact) mass is 315 g/mol. The van der Waals surface area contributed by atoms with Crippen molar-refractivity contribution in [3.8, 4) is 0 Å². The number of aromatic nitrogens is 2. The van der Waals surface area contributed by atoms with Gasteiger partial charge in [-0.05, 0) is 6.42 Å². The fraction of sp³-hybridized carbons (Fsp3) is 0.538. The first-order valence-corrected chi connectivity index (χ1v) is 6.86. The molecule has 9 heteroatoms. The maximum absolute atomic E-state index is 13.1. The number of halogens is 1. The van der Waals surface area contributed by atoms with Crippen molar-refractivity contribution in [3.63, 3.8) is 0 Å². The summed E-state index contributed by atoms with van der Waals surface area (Å²) in [7, 11) is 0. The maximum atomic E-state index is 13.1. The molecule has 0 saturated carbocycles. The van der Waals surface area contributed by atoms with E-state index in [9.17, 15) is 23.6 Å². The van der Waals surface area contributed by atoms with Gasteiger partial charge in [-0.25, -0.2) is 9.59 Å². The van der Waals surface area contributed by atoms with Gasteiger partial charge in [0, 0.05) is 6.42 Å². The minimum Gasteiger partial charge on any atom is -0.480 e. The number of amides is 1. The van der Waals surface area contributed by atoms with E-state index in [0.29, 0.717) is 17.2 Å². The average Bonchev–Trinajstić information content (AvgIpc) is 2.44. The Bertz CT molecular complexity index is 652. The van der Waals surface area contributed by atoms with Crippen LogP contribution in [-0.2, 0) is 16.1 Å². The fourth-order valence-electron chi connectivity index (χ4n) is 1.80. The van der Waals surface area contributed by atoms with Gasteiger partial charge in [-0.3, -0.25) is 19.1 Å². The van der Waals surface area contributed by atoms with E-state index >= 15 is 0 Å². The van der Waals surface area contributed by atoms with Crippen molar-refractivity contribution in [2.45, 2.75) is 45.2 Å². The first-order valence-electron chi connectivity index (χ1n) is 6.86. The molecule has 1 aromatic rings. The summed E-state index contributed by atoms with van der Waals surface area (Å²) in [5, 5.41) is 11.3. The van der Waals surface area contributed by atoms with Gasteiger partial charge in [0.2, 0.25) is 11.7 Å². The number of carbonyl (C=O) groups excluding carboxylic acids is 1. The molecule has 1 aromatic heterocycles. The summed E-state index contributed by atoms with van der Waals surface area (Å²) in [5.41, 5.74) is -2.13. The third-order valence-electron chi connectivity index (χ3n) is 2.99. The second kappa shape index (κ2) is 8.11. The van der Waals surface area contributed by atoms with Gasteiger partial charge < -0.3 is 10.4 Å². The Morgan fingerprint density at radius 1 is 1.41 bits per heavy atom. The van der Waals surface area contributed by atoms with Crippen LogP contribution in [-0.4, -0.2) is 32.6 Å². The minimum absolute atomic E-state index is 0.173. The fourth-order valence-corrected chi connectivity index (χ4v) is 1.80. The van der Waals surface area contributed by atoms with E-state index in [1.807, 2.05) is 6.92 Å². The van der Waals surface area contributed by atoms with Crippen molar-refractivity contribution in [1.29, 1.82) is 0 Å². The van der Waals surface area contributed by atoms with Crippen molar-refractivity contribution in [3.05, 3.63) is 32.9 Å². The summed E-state index contributed by atoms with van der Waals surface area (Å²) in [6, 6.07) is -1.39. The van der Waals surface area contributed by atoms with Gasteiger partial charge in [0.25, 0.3) is 5.56 Å². The van der Waals surface area contributed by atoms with Crippen molar-refractivity contribution in [1.82, 2.24) is 14.9 Å². The number of carbonyl (C=O) groups is 2. The lowest BCUT2D eigenvalue weighted by Crippen LogP contribution is -2.46. The van der Waals surface area contributed by atoms with Crippen LogP contribution in [0.1, 0.15) is 32.6 Å². The van der Waals surface area contributed by atoms with Crippen LogP contribution in [0, 0.1) is 5.82 Å². The van der Waals surface area contributed by atoms with Crippen LogP contribution in [0.25, 0.3) is 0 Å². The molecule has 0 spiro atoms. The smallest absolute Gasteiger partial charge is 0.328 e. The summed E-state index contributed by atoms with van der Waals surface area (Å²) in [5.74, 6) is -3.03. The molecular weight excluding hydrogens is 297 g/mol. The molecule has 1 rings (SSSR count). The Hall–Kier alpha value is -2.45. The highest BCUT2D eigenvalue weighted by molar-refractivity contribution is 5.83.